The van der Waals surface area contributed by atoms with Crippen molar-refractivity contribution in [1.29, 1.82) is 0 Å². The van der Waals surface area contributed by atoms with Crippen molar-refractivity contribution in [2.24, 2.45) is 7.05 Å². The van der Waals surface area contributed by atoms with E-state index in [1.54, 1.807) is 24.0 Å². The maximum Gasteiger partial charge on any atom is 0.190 e. The zero-order valence-corrected chi connectivity index (χ0v) is 13.4. The van der Waals surface area contributed by atoms with E-state index in [-0.39, 0.29) is 18.0 Å². The maximum atomic E-state index is 12.2. The third kappa shape index (κ3) is 4.39. The largest absolute Gasteiger partial charge is 0.489 e. The number of carbonyl (C=O) groups excluding carboxylic acids is 2. The SMILES string of the molecule is C=CCOc1ccccc1Cc1cn(C)nc1C(=O)CC(C)=O. The van der Waals surface area contributed by atoms with Crippen LogP contribution in [0.1, 0.15) is 35.0 Å². The summed E-state index contributed by atoms with van der Waals surface area (Å²) in [6, 6.07) is 7.65. The molecule has 0 saturated carbocycles. The summed E-state index contributed by atoms with van der Waals surface area (Å²) in [5.41, 5.74) is 2.09. The van der Waals surface area contributed by atoms with Crippen LogP contribution in [-0.4, -0.2) is 28.0 Å². The summed E-state index contributed by atoms with van der Waals surface area (Å²) in [7, 11) is 1.76. The van der Waals surface area contributed by atoms with Gasteiger partial charge >= 0.3 is 0 Å². The minimum absolute atomic E-state index is 0.126. The van der Waals surface area contributed by atoms with Gasteiger partial charge in [-0.05, 0) is 18.6 Å². The van der Waals surface area contributed by atoms with Gasteiger partial charge in [0.2, 0.25) is 0 Å². The van der Waals surface area contributed by atoms with E-state index < -0.39 is 0 Å². The number of hydrogen-bond donors (Lipinski definition) is 0. The lowest BCUT2D eigenvalue weighted by Gasteiger charge is -2.09. The number of para-hydroxylation sites is 1. The lowest BCUT2D eigenvalue weighted by Crippen LogP contribution is -2.09. The Morgan fingerprint density at radius 1 is 1.30 bits per heavy atom. The third-order valence-corrected chi connectivity index (χ3v) is 3.29. The summed E-state index contributed by atoms with van der Waals surface area (Å²) in [5.74, 6) is 0.333. The van der Waals surface area contributed by atoms with E-state index in [1.165, 1.54) is 6.92 Å². The van der Waals surface area contributed by atoms with Gasteiger partial charge in [-0.3, -0.25) is 14.3 Å². The summed E-state index contributed by atoms with van der Waals surface area (Å²) in [6.07, 6.45) is 3.87. The Bertz CT molecular complexity index is 732. The minimum atomic E-state index is -0.252. The first-order valence-electron chi connectivity index (χ1n) is 7.38. The van der Waals surface area contributed by atoms with Crippen LogP contribution in [-0.2, 0) is 18.3 Å². The van der Waals surface area contributed by atoms with Gasteiger partial charge in [0, 0.05) is 25.2 Å². The molecule has 0 fully saturated rings. The van der Waals surface area contributed by atoms with Crippen LogP contribution < -0.4 is 4.74 Å². The quantitative estimate of drug-likeness (QED) is 0.427. The second kappa shape index (κ2) is 7.54. The van der Waals surface area contributed by atoms with Gasteiger partial charge in [-0.2, -0.15) is 5.10 Å². The van der Waals surface area contributed by atoms with Gasteiger partial charge in [-0.15, -0.1) is 0 Å². The lowest BCUT2D eigenvalue weighted by molar-refractivity contribution is -0.116. The summed E-state index contributed by atoms with van der Waals surface area (Å²) in [4.78, 5) is 23.4. The Morgan fingerprint density at radius 3 is 2.74 bits per heavy atom. The highest BCUT2D eigenvalue weighted by atomic mass is 16.5. The first kappa shape index (κ1) is 16.7. The number of aryl methyl sites for hydroxylation is 1. The number of carbonyl (C=O) groups is 2. The second-order valence-electron chi connectivity index (χ2n) is 5.36. The number of rotatable bonds is 8. The topological polar surface area (TPSA) is 61.2 Å². The van der Waals surface area contributed by atoms with Gasteiger partial charge in [0.05, 0.1) is 6.42 Å². The van der Waals surface area contributed by atoms with Gasteiger partial charge in [0.15, 0.2) is 5.78 Å². The first-order chi connectivity index (χ1) is 11.0. The predicted molar refractivity (Wildman–Crippen MR) is 87.8 cm³/mol. The molecule has 0 aliphatic heterocycles. The minimum Gasteiger partial charge on any atom is -0.489 e. The van der Waals surface area contributed by atoms with Crippen molar-refractivity contribution < 1.29 is 14.3 Å². The molecule has 0 amide bonds. The van der Waals surface area contributed by atoms with Crippen molar-refractivity contribution in [3.05, 3.63) is 59.9 Å². The summed E-state index contributed by atoms with van der Waals surface area (Å²) in [5, 5.41) is 4.21. The number of benzene rings is 1. The van der Waals surface area contributed by atoms with Crippen molar-refractivity contribution in [1.82, 2.24) is 9.78 Å². The first-order valence-corrected chi connectivity index (χ1v) is 7.38. The molecule has 2 aromatic rings. The summed E-state index contributed by atoms with van der Waals surface area (Å²) >= 11 is 0. The molecule has 0 N–H and O–H groups in total. The Labute approximate surface area is 135 Å². The summed E-state index contributed by atoms with van der Waals surface area (Å²) < 4.78 is 7.24. The highest BCUT2D eigenvalue weighted by Crippen LogP contribution is 2.23. The van der Waals surface area contributed by atoms with Gasteiger partial charge < -0.3 is 4.74 Å². The van der Waals surface area contributed by atoms with E-state index in [9.17, 15) is 9.59 Å². The molecule has 5 heteroatoms. The molecule has 0 aliphatic carbocycles. The van der Waals surface area contributed by atoms with Gasteiger partial charge in [-0.1, -0.05) is 30.9 Å². The van der Waals surface area contributed by atoms with Crippen molar-refractivity contribution >= 4 is 11.6 Å². The molecule has 23 heavy (non-hydrogen) atoms. The van der Waals surface area contributed by atoms with Crippen LogP contribution in [0.3, 0.4) is 0 Å². The maximum absolute atomic E-state index is 12.2. The number of ketones is 2. The van der Waals surface area contributed by atoms with E-state index in [1.807, 2.05) is 24.3 Å². The fraction of sp³-hybridized carbons (Fsp3) is 0.278. The average Bonchev–Trinajstić information content (AvgIpc) is 2.86. The Kier molecular flexibility index (Phi) is 5.46. The van der Waals surface area contributed by atoms with Gasteiger partial charge in [0.1, 0.15) is 23.8 Å². The zero-order valence-electron chi connectivity index (χ0n) is 13.4. The standard InChI is InChI=1S/C18H20N2O3/c1-4-9-23-17-8-6-5-7-14(17)11-15-12-20(3)19-18(15)16(22)10-13(2)21/h4-8,12H,1,9-11H2,2-3H3. The van der Waals surface area contributed by atoms with E-state index in [4.69, 9.17) is 4.74 Å². The van der Waals surface area contributed by atoms with Crippen molar-refractivity contribution in [2.75, 3.05) is 6.61 Å². The fourth-order valence-electron chi connectivity index (χ4n) is 2.36. The number of hydrogen-bond acceptors (Lipinski definition) is 4. The Hall–Kier alpha value is -2.69. The molecule has 0 aliphatic rings. The molecule has 0 bridgehead atoms. The molecule has 0 spiro atoms. The molecule has 0 radical (unpaired) electrons. The molecule has 1 aromatic carbocycles. The van der Waals surface area contributed by atoms with Crippen LogP contribution in [0.25, 0.3) is 0 Å². The number of nitrogens with zero attached hydrogens (tertiary/aromatic N) is 2. The van der Waals surface area contributed by atoms with Crippen molar-refractivity contribution in [2.45, 2.75) is 19.8 Å². The van der Waals surface area contributed by atoms with Gasteiger partial charge in [-0.25, -0.2) is 0 Å². The average molecular weight is 312 g/mol. The molecular weight excluding hydrogens is 292 g/mol. The van der Waals surface area contributed by atoms with Crippen LogP contribution in [0.15, 0.2) is 43.1 Å². The summed E-state index contributed by atoms with van der Waals surface area (Å²) in [6.45, 7) is 5.46. The molecule has 1 heterocycles. The van der Waals surface area contributed by atoms with E-state index >= 15 is 0 Å². The van der Waals surface area contributed by atoms with Crippen LogP contribution in [0.2, 0.25) is 0 Å². The smallest absolute Gasteiger partial charge is 0.190 e. The number of ether oxygens (including phenoxy) is 1. The molecule has 0 saturated heterocycles. The normalized spacial score (nSPS) is 10.3. The third-order valence-electron chi connectivity index (χ3n) is 3.29. The Morgan fingerprint density at radius 2 is 2.04 bits per heavy atom. The molecule has 120 valence electrons. The van der Waals surface area contributed by atoms with Gasteiger partial charge in [0.25, 0.3) is 0 Å². The van der Waals surface area contributed by atoms with Crippen LogP contribution in [0.5, 0.6) is 5.75 Å². The molecule has 0 unspecified atom stereocenters. The fourth-order valence-corrected chi connectivity index (χ4v) is 2.36. The van der Waals surface area contributed by atoms with Crippen LogP contribution >= 0.6 is 0 Å². The van der Waals surface area contributed by atoms with Crippen LogP contribution in [0, 0.1) is 0 Å². The number of Topliss-reactive ketones (excluding diaryl/α,β-unsaturated/α-hetero) is 2. The lowest BCUT2D eigenvalue weighted by atomic mass is 10.0. The van der Waals surface area contributed by atoms with Crippen molar-refractivity contribution in [3.8, 4) is 5.75 Å². The zero-order chi connectivity index (χ0) is 16.8. The highest BCUT2D eigenvalue weighted by molar-refractivity contribution is 6.07. The molecular formula is C18H20N2O3. The highest BCUT2D eigenvalue weighted by Gasteiger charge is 2.18. The van der Waals surface area contributed by atoms with E-state index in [0.29, 0.717) is 18.7 Å². The molecule has 2 rings (SSSR count). The van der Waals surface area contributed by atoms with E-state index in [0.717, 1.165) is 16.9 Å². The number of aromatic nitrogens is 2. The Balaban J connectivity index is 2.29. The molecule has 1 aromatic heterocycles. The predicted octanol–water partition coefficient (Wildman–Crippen LogP) is 2.74. The molecule has 5 nitrogen and oxygen atoms in total. The van der Waals surface area contributed by atoms with E-state index in [2.05, 4.69) is 11.7 Å². The molecule has 0 atom stereocenters. The van der Waals surface area contributed by atoms with Crippen LogP contribution in [0.4, 0.5) is 0 Å². The second-order valence-corrected chi connectivity index (χ2v) is 5.36. The van der Waals surface area contributed by atoms with Crippen molar-refractivity contribution in [3.63, 3.8) is 0 Å². The monoisotopic (exact) mass is 312 g/mol.